The summed E-state index contributed by atoms with van der Waals surface area (Å²) in [5.74, 6) is -0.956. The number of amides is 3. The Morgan fingerprint density at radius 3 is 2.81 bits per heavy atom. The highest BCUT2D eigenvalue weighted by atomic mass is 19.1. The second-order valence-electron chi connectivity index (χ2n) is 7.94. The molecule has 8 nitrogen and oxygen atoms in total. The molecule has 3 aromatic heterocycles. The third kappa shape index (κ3) is 2.51. The van der Waals surface area contributed by atoms with E-state index in [9.17, 15) is 14.4 Å². The summed E-state index contributed by atoms with van der Waals surface area (Å²) in [4.78, 5) is 50.0. The van der Waals surface area contributed by atoms with Crippen molar-refractivity contribution >= 4 is 45.2 Å². The zero-order valence-corrected chi connectivity index (χ0v) is 16.6. The molecule has 0 aliphatic carbocycles. The highest BCUT2D eigenvalue weighted by Crippen LogP contribution is 2.43. The standard InChI is InChI=1S/C23H16FN5O3/c24-20(14-8-26-16-10-25-7-6-11(14)16)15-9-27-21-19-12(15)2-1-3-13(19)23(32)29(21)17-4-5-18(30)28-22(17)31/h1-3,6-10,17,20,26H,4-5H2,(H,28,30,31). The minimum Gasteiger partial charge on any atom is -0.360 e. The van der Waals surface area contributed by atoms with Crippen LogP contribution in [0.1, 0.15) is 40.5 Å². The third-order valence-electron chi connectivity index (χ3n) is 6.19. The molecule has 0 spiro atoms. The van der Waals surface area contributed by atoms with Crippen molar-refractivity contribution in [2.75, 3.05) is 4.90 Å². The van der Waals surface area contributed by atoms with E-state index in [-0.39, 0.29) is 24.7 Å². The van der Waals surface area contributed by atoms with Crippen LogP contribution in [0.25, 0.3) is 21.7 Å². The summed E-state index contributed by atoms with van der Waals surface area (Å²) >= 11 is 0. The number of pyridine rings is 2. The molecule has 32 heavy (non-hydrogen) atoms. The Morgan fingerprint density at radius 2 is 1.97 bits per heavy atom. The lowest BCUT2D eigenvalue weighted by atomic mass is 9.97. The Kier molecular flexibility index (Phi) is 3.89. The number of hydrogen-bond donors (Lipinski definition) is 2. The first-order valence-electron chi connectivity index (χ1n) is 10.2. The lowest BCUT2D eigenvalue weighted by Gasteiger charge is -2.29. The zero-order valence-electron chi connectivity index (χ0n) is 16.6. The van der Waals surface area contributed by atoms with Crippen molar-refractivity contribution in [2.45, 2.75) is 25.1 Å². The van der Waals surface area contributed by atoms with Gasteiger partial charge in [-0.05, 0) is 23.9 Å². The van der Waals surface area contributed by atoms with E-state index in [1.54, 1.807) is 42.9 Å². The summed E-state index contributed by atoms with van der Waals surface area (Å²) in [5, 5.41) is 4.08. The average molecular weight is 429 g/mol. The number of carbonyl (C=O) groups excluding carboxylic acids is 3. The van der Waals surface area contributed by atoms with E-state index in [0.29, 0.717) is 33.3 Å². The van der Waals surface area contributed by atoms with Crippen LogP contribution in [0, 0.1) is 0 Å². The zero-order chi connectivity index (χ0) is 22.0. The quantitative estimate of drug-likeness (QED) is 0.487. The normalized spacial score (nSPS) is 19.1. The molecule has 2 aliphatic heterocycles. The number of benzene rings is 1. The van der Waals surface area contributed by atoms with E-state index >= 15 is 4.39 Å². The summed E-state index contributed by atoms with van der Waals surface area (Å²) in [5.41, 5.74) is 1.88. The molecule has 9 heteroatoms. The van der Waals surface area contributed by atoms with E-state index in [1.165, 1.54) is 11.1 Å². The maximum atomic E-state index is 15.8. The maximum absolute atomic E-state index is 15.8. The highest BCUT2D eigenvalue weighted by Gasteiger charge is 2.42. The molecule has 0 bridgehead atoms. The summed E-state index contributed by atoms with van der Waals surface area (Å²) < 4.78 is 15.8. The van der Waals surface area contributed by atoms with Gasteiger partial charge in [-0.15, -0.1) is 0 Å². The van der Waals surface area contributed by atoms with Crippen LogP contribution in [0.2, 0.25) is 0 Å². The van der Waals surface area contributed by atoms with Gasteiger partial charge in [0.1, 0.15) is 11.9 Å². The third-order valence-corrected chi connectivity index (χ3v) is 6.19. The molecule has 1 aromatic carbocycles. The molecule has 1 fully saturated rings. The molecule has 158 valence electrons. The van der Waals surface area contributed by atoms with Gasteiger partial charge in [0.15, 0.2) is 6.17 Å². The number of hydrogen-bond acceptors (Lipinski definition) is 5. The van der Waals surface area contributed by atoms with E-state index in [4.69, 9.17) is 0 Å². The van der Waals surface area contributed by atoms with Crippen LogP contribution < -0.4 is 10.2 Å². The van der Waals surface area contributed by atoms with Crippen LogP contribution in [-0.4, -0.2) is 38.7 Å². The first kappa shape index (κ1) is 18.6. The average Bonchev–Trinajstić information content (AvgIpc) is 3.35. The van der Waals surface area contributed by atoms with Crippen LogP contribution >= 0.6 is 0 Å². The fourth-order valence-electron chi connectivity index (χ4n) is 4.68. The first-order valence-corrected chi connectivity index (χ1v) is 10.2. The molecule has 3 amide bonds. The van der Waals surface area contributed by atoms with Crippen LogP contribution in [0.15, 0.2) is 49.1 Å². The Morgan fingerprint density at radius 1 is 1.09 bits per heavy atom. The number of anilines is 1. The van der Waals surface area contributed by atoms with E-state index in [0.717, 1.165) is 10.9 Å². The van der Waals surface area contributed by atoms with Crippen molar-refractivity contribution in [3.8, 4) is 0 Å². The summed E-state index contributed by atoms with van der Waals surface area (Å²) in [6.45, 7) is 0. The Hall–Kier alpha value is -4.14. The molecule has 0 saturated carbocycles. The summed E-state index contributed by atoms with van der Waals surface area (Å²) in [7, 11) is 0. The predicted molar refractivity (Wildman–Crippen MR) is 114 cm³/mol. The van der Waals surface area contributed by atoms with Gasteiger partial charge in [-0.3, -0.25) is 29.6 Å². The van der Waals surface area contributed by atoms with Gasteiger partial charge in [-0.2, -0.15) is 0 Å². The van der Waals surface area contributed by atoms with Gasteiger partial charge in [0, 0.05) is 46.9 Å². The Labute approximate surface area is 180 Å². The van der Waals surface area contributed by atoms with Crippen molar-refractivity contribution in [1.29, 1.82) is 0 Å². The molecule has 0 radical (unpaired) electrons. The van der Waals surface area contributed by atoms with Crippen molar-refractivity contribution in [3.63, 3.8) is 0 Å². The molecular formula is C23H16FN5O3. The van der Waals surface area contributed by atoms with E-state index in [1.807, 2.05) is 0 Å². The number of rotatable bonds is 3. The van der Waals surface area contributed by atoms with Crippen LogP contribution in [0.4, 0.5) is 10.2 Å². The van der Waals surface area contributed by atoms with Gasteiger partial charge in [0.25, 0.3) is 5.91 Å². The number of imide groups is 1. The fourth-order valence-corrected chi connectivity index (χ4v) is 4.68. The first-order chi connectivity index (χ1) is 15.5. The number of aromatic amines is 1. The van der Waals surface area contributed by atoms with Gasteiger partial charge in [-0.25, -0.2) is 9.37 Å². The number of carbonyl (C=O) groups is 3. The molecular weight excluding hydrogens is 413 g/mol. The number of alkyl halides is 1. The van der Waals surface area contributed by atoms with E-state index < -0.39 is 18.1 Å². The molecule has 2 N–H and O–H groups in total. The van der Waals surface area contributed by atoms with Crippen molar-refractivity contribution in [1.82, 2.24) is 20.3 Å². The van der Waals surface area contributed by atoms with E-state index in [2.05, 4.69) is 20.3 Å². The molecule has 2 unspecified atom stereocenters. The second-order valence-corrected chi connectivity index (χ2v) is 7.94. The predicted octanol–water partition coefficient (Wildman–Crippen LogP) is 2.94. The smallest absolute Gasteiger partial charge is 0.260 e. The van der Waals surface area contributed by atoms with Gasteiger partial charge in [-0.1, -0.05) is 12.1 Å². The SMILES string of the molecule is O=C1CCC(N2C(=O)c3cccc4c(C(F)c5c[nH]c6cnccc56)cnc2c34)C(=O)N1. The number of nitrogens with zero attached hydrogens (tertiary/aromatic N) is 3. The molecule has 5 heterocycles. The topological polar surface area (TPSA) is 108 Å². The number of halogens is 1. The number of H-pyrrole nitrogens is 1. The number of nitrogens with one attached hydrogen (secondary N) is 2. The lowest BCUT2D eigenvalue weighted by Crippen LogP contribution is -2.53. The van der Waals surface area contributed by atoms with Crippen LogP contribution in [0.5, 0.6) is 0 Å². The lowest BCUT2D eigenvalue weighted by molar-refractivity contribution is -0.134. The fraction of sp³-hybridized carbons (Fsp3) is 0.174. The van der Waals surface area contributed by atoms with Gasteiger partial charge >= 0.3 is 0 Å². The van der Waals surface area contributed by atoms with Crippen LogP contribution in [-0.2, 0) is 9.59 Å². The minimum atomic E-state index is -1.48. The molecule has 4 aromatic rings. The van der Waals surface area contributed by atoms with Gasteiger partial charge in [0.05, 0.1) is 17.3 Å². The molecule has 6 rings (SSSR count). The molecule has 2 aliphatic rings. The molecule has 1 saturated heterocycles. The van der Waals surface area contributed by atoms with Crippen molar-refractivity contribution in [3.05, 3.63) is 65.7 Å². The monoisotopic (exact) mass is 429 g/mol. The Bertz CT molecular complexity index is 1460. The second kappa shape index (κ2) is 6.68. The largest absolute Gasteiger partial charge is 0.360 e. The van der Waals surface area contributed by atoms with Crippen LogP contribution in [0.3, 0.4) is 0 Å². The number of fused-ring (bicyclic) bond motifs is 1. The number of aromatic nitrogens is 3. The maximum Gasteiger partial charge on any atom is 0.260 e. The summed E-state index contributed by atoms with van der Waals surface area (Å²) in [6.07, 6.45) is 5.14. The van der Waals surface area contributed by atoms with Gasteiger partial charge in [0.2, 0.25) is 11.8 Å². The highest BCUT2D eigenvalue weighted by molar-refractivity contribution is 6.26. The van der Waals surface area contributed by atoms with Crippen molar-refractivity contribution in [2.24, 2.45) is 0 Å². The minimum absolute atomic E-state index is 0.139. The molecule has 2 atom stereocenters. The summed E-state index contributed by atoms with van der Waals surface area (Å²) in [6, 6.07) is 6.01. The van der Waals surface area contributed by atoms with Crippen molar-refractivity contribution < 1.29 is 18.8 Å². The number of piperidine rings is 1. The Balaban J connectivity index is 1.49. The van der Waals surface area contributed by atoms with Gasteiger partial charge < -0.3 is 4.98 Å².